The molecule has 3 heteroatoms. The SMILES string of the molecule is CCC(C)(C)c1ccc(OCC(=O)N[C@H](C)c2ccccc2)cc1. The van der Waals surface area contributed by atoms with Crippen molar-refractivity contribution in [1.82, 2.24) is 5.32 Å². The van der Waals surface area contributed by atoms with Gasteiger partial charge in [-0.15, -0.1) is 0 Å². The highest BCUT2D eigenvalue weighted by atomic mass is 16.5. The summed E-state index contributed by atoms with van der Waals surface area (Å²) in [5, 5.41) is 2.95. The average molecular weight is 325 g/mol. The van der Waals surface area contributed by atoms with Crippen molar-refractivity contribution in [3.8, 4) is 5.75 Å². The maximum Gasteiger partial charge on any atom is 0.258 e. The van der Waals surface area contributed by atoms with Gasteiger partial charge in [-0.1, -0.05) is 63.2 Å². The van der Waals surface area contributed by atoms with E-state index in [-0.39, 0.29) is 24.0 Å². The number of hydrogen-bond acceptors (Lipinski definition) is 2. The first-order valence-corrected chi connectivity index (χ1v) is 8.50. The molecule has 0 aliphatic rings. The van der Waals surface area contributed by atoms with Crippen molar-refractivity contribution in [2.24, 2.45) is 0 Å². The zero-order valence-electron chi connectivity index (χ0n) is 15.0. The van der Waals surface area contributed by atoms with E-state index < -0.39 is 0 Å². The highest BCUT2D eigenvalue weighted by molar-refractivity contribution is 5.78. The molecule has 0 saturated heterocycles. The lowest BCUT2D eigenvalue weighted by Gasteiger charge is -2.23. The van der Waals surface area contributed by atoms with Gasteiger partial charge in [-0.3, -0.25) is 4.79 Å². The molecule has 0 fully saturated rings. The molecule has 0 aromatic heterocycles. The van der Waals surface area contributed by atoms with Gasteiger partial charge < -0.3 is 10.1 Å². The number of ether oxygens (including phenoxy) is 1. The molecule has 0 spiro atoms. The predicted octanol–water partition coefficient (Wildman–Crippen LogP) is 4.63. The van der Waals surface area contributed by atoms with Gasteiger partial charge in [0.25, 0.3) is 5.91 Å². The van der Waals surface area contributed by atoms with E-state index in [2.05, 4.69) is 38.2 Å². The predicted molar refractivity (Wildman–Crippen MR) is 98.3 cm³/mol. The summed E-state index contributed by atoms with van der Waals surface area (Å²) in [7, 11) is 0. The zero-order valence-corrected chi connectivity index (χ0v) is 15.0. The minimum Gasteiger partial charge on any atom is -0.484 e. The molecule has 24 heavy (non-hydrogen) atoms. The fourth-order valence-corrected chi connectivity index (χ4v) is 2.46. The van der Waals surface area contributed by atoms with Gasteiger partial charge in [0.15, 0.2) is 6.61 Å². The lowest BCUT2D eigenvalue weighted by Crippen LogP contribution is -2.31. The second-order valence-electron chi connectivity index (χ2n) is 6.75. The molecule has 128 valence electrons. The van der Waals surface area contributed by atoms with Crippen LogP contribution in [0.25, 0.3) is 0 Å². The van der Waals surface area contributed by atoms with Gasteiger partial charge in [0.1, 0.15) is 5.75 Å². The smallest absolute Gasteiger partial charge is 0.258 e. The minimum absolute atomic E-state index is 0.0215. The highest BCUT2D eigenvalue weighted by Gasteiger charge is 2.17. The molecule has 0 aliphatic heterocycles. The van der Waals surface area contributed by atoms with Crippen molar-refractivity contribution < 1.29 is 9.53 Å². The summed E-state index contributed by atoms with van der Waals surface area (Å²) in [6.07, 6.45) is 1.08. The van der Waals surface area contributed by atoms with Crippen molar-refractivity contribution >= 4 is 5.91 Å². The molecular formula is C21H27NO2. The second-order valence-corrected chi connectivity index (χ2v) is 6.75. The highest BCUT2D eigenvalue weighted by Crippen LogP contribution is 2.28. The third kappa shape index (κ3) is 4.85. The summed E-state index contributed by atoms with van der Waals surface area (Å²) in [5.74, 6) is 0.595. The van der Waals surface area contributed by atoms with Crippen molar-refractivity contribution in [2.75, 3.05) is 6.61 Å². The first-order valence-electron chi connectivity index (χ1n) is 8.50. The lowest BCUT2D eigenvalue weighted by molar-refractivity contribution is -0.123. The van der Waals surface area contributed by atoms with Gasteiger partial charge in [-0.05, 0) is 42.0 Å². The number of benzene rings is 2. The normalized spacial score (nSPS) is 12.5. The van der Waals surface area contributed by atoms with E-state index >= 15 is 0 Å². The van der Waals surface area contributed by atoms with Gasteiger partial charge >= 0.3 is 0 Å². The monoisotopic (exact) mass is 325 g/mol. The van der Waals surface area contributed by atoms with Crippen LogP contribution in [-0.2, 0) is 10.2 Å². The maximum atomic E-state index is 12.0. The van der Waals surface area contributed by atoms with E-state index in [1.165, 1.54) is 5.56 Å². The summed E-state index contributed by atoms with van der Waals surface area (Å²) in [4.78, 5) is 12.0. The van der Waals surface area contributed by atoms with Crippen LogP contribution in [0.2, 0.25) is 0 Å². The molecule has 0 aliphatic carbocycles. The molecule has 0 radical (unpaired) electrons. The fraction of sp³-hybridized carbons (Fsp3) is 0.381. The number of rotatable bonds is 7. The molecule has 1 amide bonds. The maximum absolute atomic E-state index is 12.0. The van der Waals surface area contributed by atoms with Crippen LogP contribution in [0, 0.1) is 0 Å². The van der Waals surface area contributed by atoms with E-state index in [1.54, 1.807) is 0 Å². The molecule has 1 N–H and O–H groups in total. The number of carbonyl (C=O) groups excluding carboxylic acids is 1. The fourth-order valence-electron chi connectivity index (χ4n) is 2.46. The quantitative estimate of drug-likeness (QED) is 0.806. The summed E-state index contributed by atoms with van der Waals surface area (Å²) in [6.45, 7) is 8.62. The molecular weight excluding hydrogens is 298 g/mol. The molecule has 0 unspecified atom stereocenters. The standard InChI is InChI=1S/C21H27NO2/c1-5-21(3,4)18-11-13-19(14-12-18)24-15-20(23)22-16(2)17-9-7-6-8-10-17/h6-14,16H,5,15H2,1-4H3,(H,22,23)/t16-/m1/s1. The molecule has 0 heterocycles. The molecule has 0 bridgehead atoms. The molecule has 2 aromatic carbocycles. The number of amides is 1. The van der Waals surface area contributed by atoms with E-state index in [9.17, 15) is 4.79 Å². The Morgan fingerprint density at radius 3 is 2.29 bits per heavy atom. The first-order chi connectivity index (χ1) is 11.4. The van der Waals surface area contributed by atoms with Crippen LogP contribution in [0.1, 0.15) is 51.3 Å². The van der Waals surface area contributed by atoms with Crippen molar-refractivity contribution in [1.29, 1.82) is 0 Å². The van der Waals surface area contributed by atoms with Crippen molar-refractivity contribution in [3.63, 3.8) is 0 Å². The Bertz CT molecular complexity index is 647. The Morgan fingerprint density at radius 1 is 1.08 bits per heavy atom. The largest absolute Gasteiger partial charge is 0.484 e. The van der Waals surface area contributed by atoms with Gasteiger partial charge in [-0.2, -0.15) is 0 Å². The van der Waals surface area contributed by atoms with E-state index in [4.69, 9.17) is 4.74 Å². The third-order valence-corrected chi connectivity index (χ3v) is 4.57. The first kappa shape index (κ1) is 18.1. The van der Waals surface area contributed by atoms with Crippen molar-refractivity contribution in [3.05, 3.63) is 65.7 Å². The Labute approximate surface area is 145 Å². The molecule has 0 saturated carbocycles. The molecule has 2 aromatic rings. The summed E-state index contributed by atoms with van der Waals surface area (Å²) < 4.78 is 5.59. The van der Waals surface area contributed by atoms with Crippen molar-refractivity contribution in [2.45, 2.75) is 45.6 Å². The van der Waals surface area contributed by atoms with Crippen LogP contribution in [0.5, 0.6) is 5.75 Å². The topological polar surface area (TPSA) is 38.3 Å². The van der Waals surface area contributed by atoms with Crippen LogP contribution in [0.4, 0.5) is 0 Å². The summed E-state index contributed by atoms with van der Waals surface area (Å²) in [5.41, 5.74) is 2.51. The van der Waals surface area contributed by atoms with Gasteiger partial charge in [0, 0.05) is 0 Å². The van der Waals surface area contributed by atoms with Crippen LogP contribution in [0.15, 0.2) is 54.6 Å². The van der Waals surface area contributed by atoms with E-state index in [0.29, 0.717) is 5.75 Å². The van der Waals surface area contributed by atoms with Gasteiger partial charge in [0.2, 0.25) is 0 Å². The Kier molecular flexibility index (Phi) is 6.02. The number of hydrogen-bond donors (Lipinski definition) is 1. The average Bonchev–Trinajstić information content (AvgIpc) is 2.61. The van der Waals surface area contributed by atoms with Gasteiger partial charge in [-0.25, -0.2) is 0 Å². The Hall–Kier alpha value is -2.29. The zero-order chi connectivity index (χ0) is 17.6. The molecule has 2 rings (SSSR count). The van der Waals surface area contributed by atoms with Crippen LogP contribution < -0.4 is 10.1 Å². The molecule has 3 nitrogen and oxygen atoms in total. The Morgan fingerprint density at radius 2 is 1.71 bits per heavy atom. The number of carbonyl (C=O) groups is 1. The summed E-state index contributed by atoms with van der Waals surface area (Å²) in [6, 6.07) is 17.9. The van der Waals surface area contributed by atoms with Crippen LogP contribution in [0.3, 0.4) is 0 Å². The number of nitrogens with one attached hydrogen (secondary N) is 1. The van der Waals surface area contributed by atoms with Crippen LogP contribution >= 0.6 is 0 Å². The van der Waals surface area contributed by atoms with E-state index in [0.717, 1.165) is 12.0 Å². The lowest BCUT2D eigenvalue weighted by atomic mass is 9.82. The van der Waals surface area contributed by atoms with Crippen LogP contribution in [-0.4, -0.2) is 12.5 Å². The van der Waals surface area contributed by atoms with E-state index in [1.807, 2.05) is 49.4 Å². The second kappa shape index (κ2) is 8.00. The Balaban J connectivity index is 1.86. The summed E-state index contributed by atoms with van der Waals surface area (Å²) >= 11 is 0. The van der Waals surface area contributed by atoms with Gasteiger partial charge in [0.05, 0.1) is 6.04 Å². The minimum atomic E-state index is -0.121. The molecule has 1 atom stereocenters. The third-order valence-electron chi connectivity index (χ3n) is 4.57.